The summed E-state index contributed by atoms with van der Waals surface area (Å²) >= 11 is 14.2. The van der Waals surface area contributed by atoms with Gasteiger partial charge in [-0.1, -0.05) is 35.3 Å². The van der Waals surface area contributed by atoms with Crippen molar-refractivity contribution >= 4 is 74.6 Å². The van der Waals surface area contributed by atoms with Gasteiger partial charge < -0.3 is 9.47 Å². The maximum atomic E-state index is 12.4. The highest BCUT2D eigenvalue weighted by Crippen LogP contribution is 2.32. The van der Waals surface area contributed by atoms with Crippen molar-refractivity contribution < 1.29 is 23.9 Å². The Bertz CT molecular complexity index is 1340. The number of halogens is 2. The van der Waals surface area contributed by atoms with Gasteiger partial charge in [0.15, 0.2) is 23.2 Å². The summed E-state index contributed by atoms with van der Waals surface area (Å²) in [4.78, 5) is 40.9. The van der Waals surface area contributed by atoms with Crippen molar-refractivity contribution in [2.75, 3.05) is 19.0 Å². The largest absolute Gasteiger partial charge is 0.493 e. The Labute approximate surface area is 218 Å². The summed E-state index contributed by atoms with van der Waals surface area (Å²) in [6, 6.07) is 10.4. The number of methoxy groups -OCH3 is 1. The van der Waals surface area contributed by atoms with E-state index in [2.05, 4.69) is 15.6 Å². The van der Waals surface area contributed by atoms with Crippen LogP contribution in [0, 0.1) is 0 Å². The summed E-state index contributed by atoms with van der Waals surface area (Å²) in [6.07, 6.45) is 3.87. The lowest BCUT2D eigenvalue weighted by Crippen LogP contribution is -2.20. The van der Waals surface area contributed by atoms with Crippen LogP contribution in [0.25, 0.3) is 6.08 Å². The molecule has 0 aliphatic carbocycles. The zero-order valence-corrected chi connectivity index (χ0v) is 21.2. The number of thiazole rings is 1. The van der Waals surface area contributed by atoms with Crippen LogP contribution < -0.4 is 20.1 Å². The summed E-state index contributed by atoms with van der Waals surface area (Å²) in [5.41, 5.74) is 1.62. The third kappa shape index (κ3) is 6.55. The molecule has 12 heteroatoms. The van der Waals surface area contributed by atoms with Crippen molar-refractivity contribution in [2.45, 2.75) is 6.42 Å². The van der Waals surface area contributed by atoms with Crippen molar-refractivity contribution in [3.05, 3.63) is 73.5 Å². The first-order valence-corrected chi connectivity index (χ1v) is 12.4. The predicted octanol–water partition coefficient (Wildman–Crippen LogP) is 5.39. The lowest BCUT2D eigenvalue weighted by atomic mass is 10.1. The molecular formula is C23H17Cl2N3O5S2. The third-order valence-corrected chi connectivity index (χ3v) is 7.11. The first-order valence-electron chi connectivity index (χ1n) is 10.0. The fraction of sp³-hybridized carbons (Fsp3) is 0.130. The molecule has 35 heavy (non-hydrogen) atoms. The number of carbonyl (C=O) groups excluding carboxylic acids is 3. The Balaban J connectivity index is 1.34. The highest BCUT2D eigenvalue weighted by Gasteiger charge is 2.25. The molecule has 4 rings (SSSR count). The molecule has 1 aliphatic rings. The van der Waals surface area contributed by atoms with Gasteiger partial charge in [0.25, 0.3) is 17.1 Å². The molecule has 0 bridgehead atoms. The second-order valence-electron chi connectivity index (χ2n) is 7.16. The van der Waals surface area contributed by atoms with Crippen molar-refractivity contribution in [1.29, 1.82) is 0 Å². The molecule has 2 heterocycles. The molecule has 8 nitrogen and oxygen atoms in total. The van der Waals surface area contributed by atoms with Crippen molar-refractivity contribution in [1.82, 2.24) is 10.3 Å². The molecule has 2 aromatic carbocycles. The van der Waals surface area contributed by atoms with E-state index in [9.17, 15) is 14.4 Å². The van der Waals surface area contributed by atoms with Crippen LogP contribution in [0.3, 0.4) is 0 Å². The SMILES string of the molecule is COc1cc(/C=C2\SC(=O)NC2=O)ccc1OCC(=O)Nc1ncc(Cc2ccc(Cl)c(Cl)c2)s1. The zero-order chi connectivity index (χ0) is 24.9. The Morgan fingerprint density at radius 3 is 2.69 bits per heavy atom. The number of anilines is 1. The summed E-state index contributed by atoms with van der Waals surface area (Å²) < 4.78 is 10.9. The van der Waals surface area contributed by atoms with E-state index in [0.717, 1.165) is 22.2 Å². The summed E-state index contributed by atoms with van der Waals surface area (Å²) in [6.45, 7) is -0.259. The topological polar surface area (TPSA) is 107 Å². The Hall–Kier alpha value is -3.05. The molecule has 0 saturated carbocycles. The van der Waals surface area contributed by atoms with Crippen molar-refractivity contribution in [3.63, 3.8) is 0 Å². The summed E-state index contributed by atoms with van der Waals surface area (Å²) in [5, 5.41) is 5.92. The van der Waals surface area contributed by atoms with Gasteiger partial charge in [-0.15, -0.1) is 11.3 Å². The Kier molecular flexibility index (Phi) is 7.97. The fourth-order valence-corrected chi connectivity index (χ4v) is 4.93. The van der Waals surface area contributed by atoms with Gasteiger partial charge in [0.2, 0.25) is 0 Å². The minimum Gasteiger partial charge on any atom is -0.493 e. The number of aromatic nitrogens is 1. The number of hydrogen-bond donors (Lipinski definition) is 2. The maximum absolute atomic E-state index is 12.4. The number of nitrogens with zero attached hydrogens (tertiary/aromatic N) is 1. The lowest BCUT2D eigenvalue weighted by molar-refractivity contribution is -0.118. The standard InChI is InChI=1S/C23H17Cl2N3O5S2/c1-32-18-8-13(9-19-21(30)28-23(31)35-19)3-5-17(18)33-11-20(29)27-22-26-10-14(34-22)6-12-2-4-15(24)16(25)7-12/h2-5,7-10H,6,11H2,1H3,(H,26,27,29)(H,28,30,31)/b19-9-. The molecule has 0 atom stereocenters. The number of nitrogens with one attached hydrogen (secondary N) is 2. The molecule has 1 aromatic heterocycles. The van der Waals surface area contributed by atoms with Gasteiger partial charge in [0.1, 0.15) is 0 Å². The molecule has 0 unspecified atom stereocenters. The van der Waals surface area contributed by atoms with Crippen LogP contribution in [0.5, 0.6) is 11.5 Å². The molecule has 3 amide bonds. The van der Waals surface area contributed by atoms with Crippen molar-refractivity contribution in [2.24, 2.45) is 0 Å². The average Bonchev–Trinajstić information content (AvgIpc) is 3.39. The second kappa shape index (κ2) is 11.1. The number of rotatable bonds is 8. The normalized spacial score (nSPS) is 14.2. The van der Waals surface area contributed by atoms with E-state index in [4.69, 9.17) is 32.7 Å². The number of hydrogen-bond acceptors (Lipinski definition) is 8. The van der Waals surface area contributed by atoms with Crippen molar-refractivity contribution in [3.8, 4) is 11.5 Å². The molecule has 2 N–H and O–H groups in total. The van der Waals surface area contributed by atoms with Gasteiger partial charge in [-0.2, -0.15) is 0 Å². The monoisotopic (exact) mass is 549 g/mol. The highest BCUT2D eigenvalue weighted by atomic mass is 35.5. The third-order valence-electron chi connectivity index (χ3n) is 4.65. The Morgan fingerprint density at radius 2 is 1.97 bits per heavy atom. The first kappa shape index (κ1) is 25.1. The smallest absolute Gasteiger partial charge is 0.290 e. The van der Waals surface area contributed by atoms with Crippen LogP contribution in [0.1, 0.15) is 16.0 Å². The predicted molar refractivity (Wildman–Crippen MR) is 138 cm³/mol. The molecule has 0 spiro atoms. The van der Waals surface area contributed by atoms with E-state index in [0.29, 0.717) is 38.7 Å². The van der Waals surface area contributed by atoms with E-state index < -0.39 is 11.1 Å². The fourth-order valence-electron chi connectivity index (χ4n) is 3.06. The van der Waals surface area contributed by atoms with Crippen LogP contribution >= 0.6 is 46.3 Å². The lowest BCUT2D eigenvalue weighted by Gasteiger charge is -2.11. The number of imide groups is 1. The van der Waals surface area contributed by atoms with Gasteiger partial charge >= 0.3 is 0 Å². The van der Waals surface area contributed by atoms with Crippen LogP contribution in [0.2, 0.25) is 10.0 Å². The molecule has 1 fully saturated rings. The minimum absolute atomic E-state index is 0.259. The maximum Gasteiger partial charge on any atom is 0.290 e. The average molecular weight is 550 g/mol. The summed E-state index contributed by atoms with van der Waals surface area (Å²) in [5.74, 6) is -0.103. The number of thioether (sulfide) groups is 1. The highest BCUT2D eigenvalue weighted by molar-refractivity contribution is 8.18. The minimum atomic E-state index is -0.446. The Morgan fingerprint density at radius 1 is 1.14 bits per heavy atom. The molecular weight excluding hydrogens is 533 g/mol. The van der Waals surface area contributed by atoms with Crippen LogP contribution in [-0.2, 0) is 16.0 Å². The molecule has 3 aromatic rings. The van der Waals surface area contributed by atoms with Crippen LogP contribution in [0.4, 0.5) is 9.93 Å². The number of carbonyl (C=O) groups is 3. The van der Waals surface area contributed by atoms with E-state index in [1.807, 2.05) is 6.07 Å². The number of ether oxygens (including phenoxy) is 2. The molecule has 1 aliphatic heterocycles. The summed E-state index contributed by atoms with van der Waals surface area (Å²) in [7, 11) is 1.46. The molecule has 0 radical (unpaired) electrons. The van der Waals surface area contributed by atoms with Gasteiger partial charge in [-0.3, -0.25) is 25.0 Å². The van der Waals surface area contributed by atoms with E-state index in [1.54, 1.807) is 42.6 Å². The van der Waals surface area contributed by atoms with Crippen LogP contribution in [0.15, 0.2) is 47.5 Å². The van der Waals surface area contributed by atoms with Crippen LogP contribution in [-0.4, -0.2) is 35.8 Å². The first-order chi connectivity index (χ1) is 16.8. The van der Waals surface area contributed by atoms with Gasteiger partial charge in [0.05, 0.1) is 22.1 Å². The quantitative estimate of drug-likeness (QED) is 0.362. The molecule has 180 valence electrons. The van der Waals surface area contributed by atoms with E-state index in [-0.39, 0.29) is 17.4 Å². The molecule has 1 saturated heterocycles. The zero-order valence-electron chi connectivity index (χ0n) is 18.1. The number of amides is 3. The number of benzene rings is 2. The van der Waals surface area contributed by atoms with E-state index >= 15 is 0 Å². The van der Waals surface area contributed by atoms with Gasteiger partial charge in [0, 0.05) is 17.5 Å². The van der Waals surface area contributed by atoms with E-state index in [1.165, 1.54) is 18.4 Å². The van der Waals surface area contributed by atoms with Gasteiger partial charge in [-0.05, 0) is 53.2 Å². The van der Waals surface area contributed by atoms with Gasteiger partial charge in [-0.25, -0.2) is 4.98 Å². The second-order valence-corrected chi connectivity index (χ2v) is 10.1.